The zero-order valence-corrected chi connectivity index (χ0v) is 26.0. The number of sulfonamides is 1. The van der Waals surface area contributed by atoms with Gasteiger partial charge in [-0.05, 0) is 64.6 Å². The van der Waals surface area contributed by atoms with Crippen LogP contribution >= 0.6 is 0 Å². The molecule has 238 valence electrons. The van der Waals surface area contributed by atoms with E-state index in [9.17, 15) is 33.1 Å². The fraction of sp³-hybridized carbons (Fsp3) is 0.630. The number of ether oxygens (including phenoxy) is 5. The predicted octanol–water partition coefficient (Wildman–Crippen LogP) is 2.98. The molecule has 6 atom stereocenters. The lowest BCUT2D eigenvalue weighted by Gasteiger charge is -2.26. The van der Waals surface area contributed by atoms with Crippen LogP contribution in [0, 0.1) is 6.92 Å². The molecule has 0 aliphatic carbocycles. The first kappa shape index (κ1) is 35.5. The van der Waals surface area contributed by atoms with Gasteiger partial charge in [-0.1, -0.05) is 22.8 Å². The molecule has 1 aliphatic heterocycles. The monoisotopic (exact) mass is 626 g/mol. The van der Waals surface area contributed by atoms with E-state index in [1.165, 1.54) is 12.1 Å². The lowest BCUT2D eigenvalue weighted by molar-refractivity contribution is -0.195. The third-order valence-corrected chi connectivity index (χ3v) is 7.47. The van der Waals surface area contributed by atoms with E-state index in [-0.39, 0.29) is 24.2 Å². The number of benzene rings is 1. The number of nitrogens with zero attached hydrogens (tertiary/aromatic N) is 3. The molecule has 1 N–H and O–H groups in total. The Kier molecular flexibility index (Phi) is 12.5. The number of carbonyl (C=O) groups is 4. The first-order chi connectivity index (χ1) is 19.9. The van der Waals surface area contributed by atoms with E-state index in [0.717, 1.165) is 26.3 Å². The maximum absolute atomic E-state index is 13.1. The summed E-state index contributed by atoms with van der Waals surface area (Å²) >= 11 is 0. The van der Waals surface area contributed by atoms with Gasteiger partial charge in [-0.3, -0.25) is 19.2 Å². The molecule has 1 aromatic rings. The van der Waals surface area contributed by atoms with Crippen molar-refractivity contribution in [3.05, 3.63) is 40.3 Å². The number of carbonyl (C=O) groups excluding carboxylic acids is 4. The van der Waals surface area contributed by atoms with Crippen molar-refractivity contribution in [2.24, 2.45) is 5.11 Å². The second-order valence-corrected chi connectivity index (χ2v) is 12.7. The summed E-state index contributed by atoms with van der Waals surface area (Å²) in [7, 11) is -4.15. The minimum Gasteiger partial charge on any atom is -0.459 e. The number of nitrogens with one attached hydrogen (secondary N) is 1. The highest BCUT2D eigenvalue weighted by molar-refractivity contribution is 7.89. The van der Waals surface area contributed by atoms with Crippen molar-refractivity contribution in [2.45, 2.75) is 115 Å². The molecule has 1 saturated heterocycles. The molecular formula is C27H38N4O11S. The Balaban J connectivity index is 2.32. The number of esters is 4. The molecule has 1 heterocycles. The molecule has 2 rings (SSSR count). The van der Waals surface area contributed by atoms with Crippen molar-refractivity contribution in [1.82, 2.24) is 4.72 Å². The molecule has 0 aromatic heterocycles. The fourth-order valence-corrected chi connectivity index (χ4v) is 5.50. The molecule has 15 nitrogen and oxygen atoms in total. The highest BCUT2D eigenvalue weighted by Crippen LogP contribution is 2.32. The van der Waals surface area contributed by atoms with E-state index in [1.807, 2.05) is 0 Å². The average Bonchev–Trinajstić information content (AvgIpc) is 3.14. The Hall–Kier alpha value is -3.72. The molecule has 16 heteroatoms. The van der Waals surface area contributed by atoms with Crippen molar-refractivity contribution < 1.29 is 51.3 Å². The molecule has 0 unspecified atom stereocenters. The second-order valence-electron chi connectivity index (χ2n) is 11.0. The zero-order chi connectivity index (χ0) is 32.5. The molecule has 43 heavy (non-hydrogen) atoms. The van der Waals surface area contributed by atoms with Crippen molar-refractivity contribution in [2.75, 3.05) is 0 Å². The van der Waals surface area contributed by atoms with E-state index >= 15 is 0 Å². The fourth-order valence-electron chi connectivity index (χ4n) is 4.28. The Bertz CT molecular complexity index is 1320. The number of aryl methyl sites for hydroxylation is 1. The van der Waals surface area contributed by atoms with Gasteiger partial charge in [-0.25, -0.2) is 8.42 Å². The van der Waals surface area contributed by atoms with Crippen molar-refractivity contribution in [3.8, 4) is 0 Å². The molecule has 0 amide bonds. The topological polar surface area (TPSA) is 209 Å². The van der Waals surface area contributed by atoms with E-state index in [0.29, 0.717) is 0 Å². The van der Waals surface area contributed by atoms with E-state index in [4.69, 9.17) is 23.7 Å². The lowest BCUT2D eigenvalue weighted by atomic mass is 9.98. The van der Waals surface area contributed by atoms with Crippen LogP contribution < -0.4 is 4.72 Å². The van der Waals surface area contributed by atoms with E-state index in [1.54, 1.807) is 39.8 Å². The number of azide groups is 1. The van der Waals surface area contributed by atoms with Crippen LogP contribution in [0.3, 0.4) is 0 Å². The maximum atomic E-state index is 13.1. The third-order valence-electron chi connectivity index (χ3n) is 5.98. The van der Waals surface area contributed by atoms with Gasteiger partial charge in [0.1, 0.15) is 17.7 Å². The highest BCUT2D eigenvalue weighted by Gasteiger charge is 2.51. The smallest absolute Gasteiger partial charge is 0.324 e. The highest BCUT2D eigenvalue weighted by atomic mass is 32.2. The summed E-state index contributed by atoms with van der Waals surface area (Å²) < 4.78 is 55.5. The van der Waals surface area contributed by atoms with Gasteiger partial charge in [-0.15, -0.1) is 0 Å². The van der Waals surface area contributed by atoms with Crippen molar-refractivity contribution in [1.29, 1.82) is 0 Å². The van der Waals surface area contributed by atoms with Crippen molar-refractivity contribution in [3.63, 3.8) is 0 Å². The summed E-state index contributed by atoms with van der Waals surface area (Å²) in [6.45, 7) is 10.0. The van der Waals surface area contributed by atoms with Gasteiger partial charge >= 0.3 is 23.9 Å². The number of hydrogen-bond acceptors (Lipinski definition) is 12. The Labute approximate surface area is 250 Å². The molecular weight excluding hydrogens is 588 g/mol. The minimum absolute atomic E-state index is 0.0481. The molecule has 0 bridgehead atoms. The molecule has 0 radical (unpaired) electrons. The minimum atomic E-state index is -4.15. The summed E-state index contributed by atoms with van der Waals surface area (Å²) in [5, 5.41) is 3.76. The molecule has 1 aromatic carbocycles. The van der Waals surface area contributed by atoms with Crippen LogP contribution in [0.2, 0.25) is 0 Å². The molecule has 1 aliphatic rings. The van der Waals surface area contributed by atoms with Gasteiger partial charge in [0.05, 0.1) is 4.90 Å². The summed E-state index contributed by atoms with van der Waals surface area (Å²) in [5.74, 6) is -3.09. The summed E-state index contributed by atoms with van der Waals surface area (Å²) in [6, 6.07) is 3.73. The normalized spacial score (nSPS) is 21.6. The first-order valence-electron chi connectivity index (χ1n) is 13.4. The predicted molar refractivity (Wildman–Crippen MR) is 149 cm³/mol. The van der Waals surface area contributed by atoms with Crippen LogP contribution in [0.1, 0.15) is 66.4 Å². The van der Waals surface area contributed by atoms with E-state index < -0.39 is 76.2 Å². The van der Waals surface area contributed by atoms with Crippen molar-refractivity contribution >= 4 is 33.9 Å². The molecule has 1 fully saturated rings. The summed E-state index contributed by atoms with van der Waals surface area (Å²) in [6.07, 6.45) is -5.37. The Morgan fingerprint density at radius 2 is 1.53 bits per heavy atom. The van der Waals surface area contributed by atoms with Gasteiger partial charge in [-0.2, -0.15) is 4.72 Å². The zero-order valence-electron chi connectivity index (χ0n) is 25.1. The van der Waals surface area contributed by atoms with Crippen LogP contribution in [-0.4, -0.2) is 74.6 Å². The quantitative estimate of drug-likeness (QED) is 0.111. The molecule has 0 spiro atoms. The van der Waals surface area contributed by atoms with Crippen LogP contribution in [0.15, 0.2) is 34.3 Å². The number of hydrogen-bond donors (Lipinski definition) is 1. The first-order valence-corrected chi connectivity index (χ1v) is 14.9. The molecule has 0 saturated carbocycles. The SMILES string of the molecule is CC(=O)O[C@@H]1O[C@H](C[C@H](CC[C@H](NS(=O)(=O)c2ccc(C)cc2)C(=O)OC(C)(C)C)N=[N+]=[N-])[C@@H](OC(C)=O)[C@H]1OC(C)=O. The number of rotatable bonds is 13. The standard InChI is InChI=1S/C27H38N4O11S/c1-15-8-11-20(12-9-15)43(36,37)30-21(25(35)42-27(5,6)7)13-10-19(29-31-28)14-22-23(38-16(2)32)24(39-17(3)33)26(41-22)40-18(4)34/h8-9,11-12,19,21-24,26,30H,10,13-14H2,1-7H3/t19-,21-,22+,23+,24+,26+/m0/s1. The van der Waals surface area contributed by atoms with Gasteiger partial charge in [0, 0.05) is 31.7 Å². The Morgan fingerprint density at radius 3 is 2.05 bits per heavy atom. The van der Waals surface area contributed by atoms with Gasteiger partial charge < -0.3 is 23.7 Å². The van der Waals surface area contributed by atoms with Crippen LogP contribution in [-0.2, 0) is 52.9 Å². The van der Waals surface area contributed by atoms with Gasteiger partial charge in [0.15, 0.2) is 6.10 Å². The van der Waals surface area contributed by atoms with E-state index in [2.05, 4.69) is 14.7 Å². The average molecular weight is 627 g/mol. The van der Waals surface area contributed by atoms with Crippen LogP contribution in [0.4, 0.5) is 0 Å². The van der Waals surface area contributed by atoms with Gasteiger partial charge in [0.25, 0.3) is 0 Å². The van der Waals surface area contributed by atoms with Gasteiger partial charge in [0.2, 0.25) is 22.4 Å². The summed E-state index contributed by atoms with van der Waals surface area (Å²) in [5.41, 5.74) is 9.15. The maximum Gasteiger partial charge on any atom is 0.324 e. The second kappa shape index (κ2) is 15.1. The lowest BCUT2D eigenvalue weighted by Crippen LogP contribution is -2.44. The summed E-state index contributed by atoms with van der Waals surface area (Å²) in [4.78, 5) is 51.1. The third kappa shape index (κ3) is 11.5. The largest absolute Gasteiger partial charge is 0.459 e. The Morgan fingerprint density at radius 1 is 0.977 bits per heavy atom. The van der Waals surface area contributed by atoms with Crippen LogP contribution in [0.5, 0.6) is 0 Å². The van der Waals surface area contributed by atoms with Crippen LogP contribution in [0.25, 0.3) is 10.4 Å².